The molecule has 7 heteroatoms. The molecule has 0 saturated carbocycles. The first-order valence-corrected chi connectivity index (χ1v) is 10.1. The third-order valence-corrected chi connectivity index (χ3v) is 5.38. The number of urea groups is 1. The quantitative estimate of drug-likeness (QED) is 0.685. The molecule has 2 amide bonds. The lowest BCUT2D eigenvalue weighted by Gasteiger charge is -2.34. The van der Waals surface area contributed by atoms with E-state index in [1.165, 1.54) is 4.90 Å². The zero-order valence-corrected chi connectivity index (χ0v) is 18.2. The van der Waals surface area contributed by atoms with Crippen LogP contribution in [0.2, 0.25) is 5.02 Å². The number of esters is 1. The molecule has 3 rings (SSSR count). The molecule has 0 aromatic heterocycles. The van der Waals surface area contributed by atoms with Crippen LogP contribution in [0.1, 0.15) is 29.7 Å². The maximum absolute atomic E-state index is 12.9. The molecular formula is C23H25ClN2O4. The van der Waals surface area contributed by atoms with Crippen LogP contribution in [-0.4, -0.2) is 37.2 Å². The van der Waals surface area contributed by atoms with Crippen molar-refractivity contribution in [1.82, 2.24) is 10.2 Å². The Balaban J connectivity index is 2.01. The summed E-state index contributed by atoms with van der Waals surface area (Å²) < 4.78 is 11.3. The Bertz CT molecular complexity index is 985. The first kappa shape index (κ1) is 21.7. The molecule has 1 aliphatic rings. The van der Waals surface area contributed by atoms with Crippen molar-refractivity contribution >= 4 is 23.6 Å². The van der Waals surface area contributed by atoms with Gasteiger partial charge in [0.15, 0.2) is 0 Å². The number of halogens is 1. The highest BCUT2D eigenvalue weighted by molar-refractivity contribution is 6.30. The maximum atomic E-state index is 12.9. The van der Waals surface area contributed by atoms with Crippen LogP contribution in [0.5, 0.6) is 5.75 Å². The summed E-state index contributed by atoms with van der Waals surface area (Å²) in [6.45, 7) is 6.04. The molecule has 2 aromatic carbocycles. The van der Waals surface area contributed by atoms with Gasteiger partial charge in [0, 0.05) is 12.1 Å². The van der Waals surface area contributed by atoms with Crippen molar-refractivity contribution in [3.8, 4) is 5.75 Å². The molecule has 0 saturated heterocycles. The lowest BCUT2D eigenvalue weighted by atomic mass is 9.95. The van der Waals surface area contributed by atoms with Gasteiger partial charge in [0.05, 0.1) is 23.9 Å². The fraction of sp³-hybridized carbons (Fsp3) is 0.304. The molecule has 0 spiro atoms. The molecule has 1 atom stereocenters. The summed E-state index contributed by atoms with van der Waals surface area (Å²) in [7, 11) is 1.60. The van der Waals surface area contributed by atoms with Gasteiger partial charge in [0.25, 0.3) is 0 Å². The summed E-state index contributed by atoms with van der Waals surface area (Å²) in [5.74, 6) is 0.166. The number of hydrogen-bond donors (Lipinski definition) is 1. The van der Waals surface area contributed by atoms with Crippen LogP contribution < -0.4 is 10.1 Å². The van der Waals surface area contributed by atoms with Crippen molar-refractivity contribution in [2.24, 2.45) is 0 Å². The topological polar surface area (TPSA) is 67.9 Å². The number of carbonyl (C=O) groups is 2. The molecular weight excluding hydrogens is 404 g/mol. The summed E-state index contributed by atoms with van der Waals surface area (Å²) in [5, 5.41) is 3.43. The summed E-state index contributed by atoms with van der Waals surface area (Å²) in [4.78, 5) is 26.9. The minimum Gasteiger partial charge on any atom is -0.487 e. The zero-order chi connectivity index (χ0) is 21.8. The predicted molar refractivity (Wildman–Crippen MR) is 116 cm³/mol. The number of likely N-dealkylation sites (N-methyl/N-ethyl adjacent to an activating group) is 1. The Kier molecular flexibility index (Phi) is 6.67. The van der Waals surface area contributed by atoms with Crippen molar-refractivity contribution in [2.75, 3.05) is 20.3 Å². The van der Waals surface area contributed by atoms with Crippen LogP contribution in [0.3, 0.4) is 0 Å². The molecule has 158 valence electrons. The number of nitrogens with zero attached hydrogens (tertiary/aromatic N) is 1. The Morgan fingerprint density at radius 1 is 1.13 bits per heavy atom. The van der Waals surface area contributed by atoms with Crippen molar-refractivity contribution in [3.05, 3.63) is 75.4 Å². The molecule has 0 fully saturated rings. The number of amides is 2. The average molecular weight is 429 g/mol. The Morgan fingerprint density at radius 2 is 1.83 bits per heavy atom. The highest BCUT2D eigenvalue weighted by atomic mass is 35.5. The van der Waals surface area contributed by atoms with Gasteiger partial charge in [-0.05, 0) is 61.7 Å². The molecule has 1 heterocycles. The number of aryl methyl sites for hydroxylation is 2. The van der Waals surface area contributed by atoms with E-state index >= 15 is 0 Å². The van der Waals surface area contributed by atoms with Gasteiger partial charge in [-0.1, -0.05) is 29.8 Å². The molecule has 0 radical (unpaired) electrons. The van der Waals surface area contributed by atoms with Gasteiger partial charge in [-0.15, -0.1) is 0 Å². The van der Waals surface area contributed by atoms with E-state index in [1.807, 2.05) is 32.0 Å². The Morgan fingerprint density at radius 3 is 2.47 bits per heavy atom. The molecule has 30 heavy (non-hydrogen) atoms. The second-order valence-electron chi connectivity index (χ2n) is 7.11. The molecule has 6 nitrogen and oxygen atoms in total. The Hall–Kier alpha value is -2.99. The number of ether oxygens (including phenoxy) is 2. The second-order valence-corrected chi connectivity index (χ2v) is 7.55. The second kappa shape index (κ2) is 9.22. The number of carbonyl (C=O) groups excluding carboxylic acids is 2. The maximum Gasteiger partial charge on any atom is 0.338 e. The summed E-state index contributed by atoms with van der Waals surface area (Å²) in [6, 6.07) is 11.8. The highest BCUT2D eigenvalue weighted by Crippen LogP contribution is 2.32. The van der Waals surface area contributed by atoms with Crippen LogP contribution in [0, 0.1) is 13.8 Å². The third-order valence-electron chi connectivity index (χ3n) is 5.13. The van der Waals surface area contributed by atoms with Crippen LogP contribution in [-0.2, 0) is 9.53 Å². The molecule has 1 N–H and O–H groups in total. The van der Waals surface area contributed by atoms with Gasteiger partial charge >= 0.3 is 12.0 Å². The van der Waals surface area contributed by atoms with E-state index in [0.717, 1.165) is 16.7 Å². The first-order chi connectivity index (χ1) is 14.3. The number of nitrogens with one attached hydrogen (secondary N) is 1. The molecule has 0 bridgehead atoms. The third kappa shape index (κ3) is 4.60. The van der Waals surface area contributed by atoms with Gasteiger partial charge in [-0.3, -0.25) is 4.90 Å². The van der Waals surface area contributed by atoms with Crippen molar-refractivity contribution in [1.29, 1.82) is 0 Å². The summed E-state index contributed by atoms with van der Waals surface area (Å²) >= 11 is 6.00. The normalized spacial score (nSPS) is 16.4. The van der Waals surface area contributed by atoms with Crippen LogP contribution in [0.4, 0.5) is 4.79 Å². The van der Waals surface area contributed by atoms with E-state index in [4.69, 9.17) is 21.1 Å². The Labute approximate surface area is 181 Å². The van der Waals surface area contributed by atoms with Crippen molar-refractivity contribution in [3.63, 3.8) is 0 Å². The van der Waals surface area contributed by atoms with E-state index in [1.54, 1.807) is 38.2 Å². The van der Waals surface area contributed by atoms with E-state index in [2.05, 4.69) is 5.32 Å². The lowest BCUT2D eigenvalue weighted by molar-refractivity contribution is -0.139. The number of benzene rings is 2. The SMILES string of the molecule is CCOC(=O)C1=C(COc2ccc(C)c(C)c2)N(C)C(=O)N[C@H]1c1ccc(Cl)cc1. The van der Waals surface area contributed by atoms with Crippen molar-refractivity contribution in [2.45, 2.75) is 26.8 Å². The van der Waals surface area contributed by atoms with Gasteiger partial charge in [0.2, 0.25) is 0 Å². The summed E-state index contributed by atoms with van der Waals surface area (Å²) in [6.07, 6.45) is 0. The van der Waals surface area contributed by atoms with Crippen LogP contribution in [0.15, 0.2) is 53.7 Å². The molecule has 1 aliphatic heterocycles. The van der Waals surface area contributed by atoms with E-state index in [9.17, 15) is 9.59 Å². The van der Waals surface area contributed by atoms with Crippen molar-refractivity contribution < 1.29 is 19.1 Å². The fourth-order valence-corrected chi connectivity index (χ4v) is 3.37. The fourth-order valence-electron chi connectivity index (χ4n) is 3.24. The van der Waals surface area contributed by atoms with Gasteiger partial charge in [-0.25, -0.2) is 9.59 Å². The van der Waals surface area contributed by atoms with E-state index in [0.29, 0.717) is 22.0 Å². The minimum atomic E-state index is -0.664. The highest BCUT2D eigenvalue weighted by Gasteiger charge is 2.37. The lowest BCUT2D eigenvalue weighted by Crippen LogP contribution is -2.48. The minimum absolute atomic E-state index is 0.0463. The van der Waals surface area contributed by atoms with E-state index in [-0.39, 0.29) is 19.2 Å². The predicted octanol–water partition coefficient (Wildman–Crippen LogP) is 4.55. The summed E-state index contributed by atoms with van der Waals surface area (Å²) in [5.41, 5.74) is 3.78. The van der Waals surface area contributed by atoms with Crippen LogP contribution >= 0.6 is 11.6 Å². The zero-order valence-electron chi connectivity index (χ0n) is 17.5. The van der Waals surface area contributed by atoms with Gasteiger partial charge < -0.3 is 14.8 Å². The first-order valence-electron chi connectivity index (χ1n) is 9.71. The average Bonchev–Trinajstić information content (AvgIpc) is 2.72. The van der Waals surface area contributed by atoms with Gasteiger partial charge in [-0.2, -0.15) is 0 Å². The monoisotopic (exact) mass is 428 g/mol. The molecule has 0 unspecified atom stereocenters. The van der Waals surface area contributed by atoms with Gasteiger partial charge in [0.1, 0.15) is 12.4 Å². The van der Waals surface area contributed by atoms with E-state index < -0.39 is 12.0 Å². The molecule has 2 aromatic rings. The molecule has 0 aliphatic carbocycles. The smallest absolute Gasteiger partial charge is 0.338 e. The van der Waals surface area contributed by atoms with Crippen LogP contribution in [0.25, 0.3) is 0 Å². The number of hydrogen-bond acceptors (Lipinski definition) is 4. The number of rotatable bonds is 6. The largest absolute Gasteiger partial charge is 0.487 e. The standard InChI is InChI=1S/C23H25ClN2O4/c1-5-29-22(27)20-19(13-30-18-11-6-14(2)15(3)12-18)26(4)23(28)25-21(20)16-7-9-17(24)10-8-16/h6-12,21H,5,13H2,1-4H3,(H,25,28)/t21-/m0/s1.